The molecule has 1 saturated carbocycles. The van der Waals surface area contributed by atoms with Gasteiger partial charge in [0.15, 0.2) is 0 Å². The van der Waals surface area contributed by atoms with Crippen LogP contribution in [-0.4, -0.2) is 16.8 Å². The van der Waals surface area contributed by atoms with Crippen LogP contribution in [0.25, 0.3) is 10.9 Å². The fourth-order valence-corrected chi connectivity index (χ4v) is 3.30. The summed E-state index contributed by atoms with van der Waals surface area (Å²) >= 11 is 1.28. The molecule has 120 valence electrons. The van der Waals surface area contributed by atoms with Crippen LogP contribution in [0.1, 0.15) is 22.5 Å². The predicted molar refractivity (Wildman–Crippen MR) is 95.4 cm³/mol. The number of amides is 2. The van der Waals surface area contributed by atoms with Gasteiger partial charge in [0.2, 0.25) is 5.91 Å². The molecule has 6 heteroatoms. The van der Waals surface area contributed by atoms with Crippen LogP contribution < -0.4 is 10.6 Å². The van der Waals surface area contributed by atoms with Gasteiger partial charge in [0.05, 0.1) is 21.1 Å². The number of rotatable bonds is 4. The van der Waals surface area contributed by atoms with Gasteiger partial charge in [0, 0.05) is 17.5 Å². The number of benzene rings is 1. The lowest BCUT2D eigenvalue weighted by atomic mass is 10.2. The Hall–Kier alpha value is -2.73. The molecule has 1 aliphatic carbocycles. The molecule has 5 nitrogen and oxygen atoms in total. The second-order valence-corrected chi connectivity index (χ2v) is 6.84. The number of aromatic nitrogens is 1. The number of anilines is 2. The lowest BCUT2D eigenvalue weighted by molar-refractivity contribution is -0.117. The normalized spacial score (nSPS) is 13.7. The minimum Gasteiger partial charge on any atom is -0.321 e. The van der Waals surface area contributed by atoms with Gasteiger partial charge < -0.3 is 10.6 Å². The summed E-state index contributed by atoms with van der Waals surface area (Å²) in [6, 6.07) is 12.9. The third kappa shape index (κ3) is 3.00. The summed E-state index contributed by atoms with van der Waals surface area (Å²) in [7, 11) is 0. The molecule has 2 amide bonds. The first-order chi connectivity index (χ1) is 11.7. The maximum atomic E-state index is 12.5. The standard InChI is InChI=1S/C18H15N3O2S/c22-17(11-6-7-11)21-16-9-8-15(24-16)18(23)20-14-5-1-4-13-12(14)3-2-10-19-13/h1-5,8-11H,6-7H2,(H,20,23)(H,21,22). The van der Waals surface area contributed by atoms with E-state index in [-0.39, 0.29) is 17.7 Å². The van der Waals surface area contributed by atoms with Crippen LogP contribution in [0.4, 0.5) is 10.7 Å². The highest BCUT2D eigenvalue weighted by Gasteiger charge is 2.29. The zero-order valence-electron chi connectivity index (χ0n) is 12.8. The SMILES string of the molecule is O=C(Nc1cccc2ncccc12)c1ccc(NC(=O)C2CC2)s1. The summed E-state index contributed by atoms with van der Waals surface area (Å²) < 4.78 is 0. The van der Waals surface area contributed by atoms with Crippen molar-refractivity contribution in [1.82, 2.24) is 4.98 Å². The van der Waals surface area contributed by atoms with Crippen molar-refractivity contribution in [2.75, 3.05) is 10.6 Å². The van der Waals surface area contributed by atoms with Crippen LogP contribution in [0.15, 0.2) is 48.7 Å². The molecule has 0 bridgehead atoms. The van der Waals surface area contributed by atoms with Crippen molar-refractivity contribution in [3.8, 4) is 0 Å². The molecule has 4 rings (SSSR count). The molecule has 3 aromatic rings. The predicted octanol–water partition coefficient (Wildman–Crippen LogP) is 3.90. The monoisotopic (exact) mass is 337 g/mol. The maximum absolute atomic E-state index is 12.5. The number of hydrogen-bond acceptors (Lipinski definition) is 4. The topological polar surface area (TPSA) is 71.1 Å². The average molecular weight is 337 g/mol. The van der Waals surface area contributed by atoms with Gasteiger partial charge >= 0.3 is 0 Å². The molecule has 1 aliphatic rings. The molecule has 2 N–H and O–H groups in total. The van der Waals surface area contributed by atoms with Gasteiger partial charge in [-0.25, -0.2) is 0 Å². The molecule has 0 aliphatic heterocycles. The van der Waals surface area contributed by atoms with Crippen molar-refractivity contribution < 1.29 is 9.59 Å². The molecule has 0 spiro atoms. The molecule has 0 atom stereocenters. The minimum atomic E-state index is -0.191. The number of nitrogens with zero attached hydrogens (tertiary/aromatic N) is 1. The van der Waals surface area contributed by atoms with Gasteiger partial charge in [-0.05, 0) is 49.2 Å². The van der Waals surface area contributed by atoms with Crippen molar-refractivity contribution in [3.63, 3.8) is 0 Å². The van der Waals surface area contributed by atoms with E-state index in [9.17, 15) is 9.59 Å². The Bertz CT molecular complexity index is 925. The van der Waals surface area contributed by atoms with Crippen LogP contribution in [0.5, 0.6) is 0 Å². The van der Waals surface area contributed by atoms with E-state index in [1.807, 2.05) is 30.3 Å². The first-order valence-electron chi connectivity index (χ1n) is 7.76. The molecule has 1 aromatic carbocycles. The van der Waals surface area contributed by atoms with Gasteiger partial charge in [-0.3, -0.25) is 14.6 Å². The Kier molecular flexibility index (Phi) is 3.74. The highest BCUT2D eigenvalue weighted by molar-refractivity contribution is 7.18. The van der Waals surface area contributed by atoms with E-state index in [4.69, 9.17) is 0 Å². The van der Waals surface area contributed by atoms with E-state index in [0.29, 0.717) is 9.88 Å². The molecule has 1 fully saturated rings. The quantitative estimate of drug-likeness (QED) is 0.758. The van der Waals surface area contributed by atoms with Crippen molar-refractivity contribution in [2.45, 2.75) is 12.8 Å². The Morgan fingerprint density at radius 3 is 2.75 bits per heavy atom. The Balaban J connectivity index is 1.51. The van der Waals surface area contributed by atoms with Crippen molar-refractivity contribution in [2.24, 2.45) is 5.92 Å². The number of nitrogens with one attached hydrogen (secondary N) is 2. The summed E-state index contributed by atoms with van der Waals surface area (Å²) in [6.07, 6.45) is 3.64. The molecule has 0 unspecified atom stereocenters. The summed E-state index contributed by atoms with van der Waals surface area (Å²) in [4.78, 5) is 29.1. The number of pyridine rings is 1. The van der Waals surface area contributed by atoms with E-state index in [1.54, 1.807) is 18.3 Å². The average Bonchev–Trinajstić information content (AvgIpc) is 3.35. The van der Waals surface area contributed by atoms with Gasteiger partial charge in [-0.2, -0.15) is 0 Å². The van der Waals surface area contributed by atoms with Crippen LogP contribution in [-0.2, 0) is 4.79 Å². The summed E-state index contributed by atoms with van der Waals surface area (Å²) in [5, 5.41) is 7.38. The van der Waals surface area contributed by atoms with Crippen molar-refractivity contribution in [1.29, 1.82) is 0 Å². The largest absolute Gasteiger partial charge is 0.321 e. The van der Waals surface area contributed by atoms with Crippen molar-refractivity contribution in [3.05, 3.63) is 53.5 Å². The minimum absolute atomic E-state index is 0.0453. The molecule has 24 heavy (non-hydrogen) atoms. The summed E-state index contributed by atoms with van der Waals surface area (Å²) in [6.45, 7) is 0. The van der Waals surface area contributed by atoms with Gasteiger partial charge in [0.25, 0.3) is 5.91 Å². The maximum Gasteiger partial charge on any atom is 0.265 e. The first-order valence-corrected chi connectivity index (χ1v) is 8.58. The lowest BCUT2D eigenvalue weighted by Gasteiger charge is -2.07. The number of hydrogen-bond donors (Lipinski definition) is 2. The Labute approximate surface area is 142 Å². The van der Waals surface area contributed by atoms with E-state index in [0.717, 1.165) is 29.4 Å². The smallest absolute Gasteiger partial charge is 0.265 e. The van der Waals surface area contributed by atoms with Gasteiger partial charge in [0.1, 0.15) is 0 Å². The molecule has 2 heterocycles. The zero-order valence-corrected chi connectivity index (χ0v) is 13.6. The molecular formula is C18H15N3O2S. The Morgan fingerprint density at radius 2 is 1.92 bits per heavy atom. The van der Waals surface area contributed by atoms with Gasteiger partial charge in [-0.1, -0.05) is 6.07 Å². The lowest BCUT2D eigenvalue weighted by Crippen LogP contribution is -2.12. The second-order valence-electron chi connectivity index (χ2n) is 5.76. The van der Waals surface area contributed by atoms with Crippen LogP contribution in [0, 0.1) is 5.92 Å². The van der Waals surface area contributed by atoms with Crippen LogP contribution in [0.3, 0.4) is 0 Å². The van der Waals surface area contributed by atoms with Crippen LogP contribution in [0.2, 0.25) is 0 Å². The Morgan fingerprint density at radius 1 is 1.04 bits per heavy atom. The molecule has 0 radical (unpaired) electrons. The van der Waals surface area contributed by atoms with Gasteiger partial charge in [-0.15, -0.1) is 11.3 Å². The van der Waals surface area contributed by atoms with E-state index < -0.39 is 0 Å². The second kappa shape index (κ2) is 6.05. The van der Waals surface area contributed by atoms with E-state index in [1.165, 1.54) is 11.3 Å². The fraction of sp³-hybridized carbons (Fsp3) is 0.167. The van der Waals surface area contributed by atoms with Crippen LogP contribution >= 0.6 is 11.3 Å². The molecular weight excluding hydrogens is 322 g/mol. The third-order valence-electron chi connectivity index (χ3n) is 3.92. The van der Waals surface area contributed by atoms with Crippen molar-refractivity contribution >= 4 is 44.7 Å². The highest BCUT2D eigenvalue weighted by atomic mass is 32.1. The number of carbonyl (C=O) groups is 2. The molecule has 0 saturated heterocycles. The fourth-order valence-electron chi connectivity index (χ4n) is 2.49. The summed E-state index contributed by atoms with van der Waals surface area (Å²) in [5.41, 5.74) is 1.56. The van der Waals surface area contributed by atoms with E-state index >= 15 is 0 Å². The zero-order chi connectivity index (χ0) is 16.5. The third-order valence-corrected chi connectivity index (χ3v) is 4.92. The number of carbonyl (C=O) groups excluding carboxylic acids is 2. The van der Waals surface area contributed by atoms with E-state index in [2.05, 4.69) is 15.6 Å². The summed E-state index contributed by atoms with van der Waals surface area (Å²) in [5.74, 6) is -0.000213. The first kappa shape index (κ1) is 14.8. The highest BCUT2D eigenvalue weighted by Crippen LogP contribution is 2.32. The number of thiophene rings is 1. The molecule has 2 aromatic heterocycles. The number of fused-ring (bicyclic) bond motifs is 1.